The SMILES string of the molecule is CN(CC(=O)N1CCN(Cc2ccccc2)CC1)C(=O)c1ccc(Br)s1. The molecule has 1 aliphatic rings. The summed E-state index contributed by atoms with van der Waals surface area (Å²) in [6.07, 6.45) is 0. The van der Waals surface area contributed by atoms with Gasteiger partial charge in [-0.15, -0.1) is 11.3 Å². The second-order valence-corrected chi connectivity index (χ2v) is 8.87. The first kappa shape index (κ1) is 19.1. The summed E-state index contributed by atoms with van der Waals surface area (Å²) in [5, 5.41) is 0. The lowest BCUT2D eigenvalue weighted by atomic mass is 10.2. The Kier molecular flexibility index (Phi) is 6.45. The Labute approximate surface area is 166 Å². The number of thiophene rings is 1. The number of hydrogen-bond acceptors (Lipinski definition) is 4. The lowest BCUT2D eigenvalue weighted by Gasteiger charge is -2.35. The van der Waals surface area contributed by atoms with Crippen LogP contribution in [-0.2, 0) is 11.3 Å². The standard InChI is InChI=1S/C19H22BrN3O2S/c1-21(19(25)16-7-8-17(20)26-16)14-18(24)23-11-9-22(10-12-23)13-15-5-3-2-4-6-15/h2-8H,9-14H2,1H3. The van der Waals surface area contributed by atoms with Crippen molar-refractivity contribution in [1.82, 2.24) is 14.7 Å². The molecule has 26 heavy (non-hydrogen) atoms. The molecule has 5 nitrogen and oxygen atoms in total. The number of nitrogens with zero attached hydrogens (tertiary/aromatic N) is 3. The number of carbonyl (C=O) groups excluding carboxylic acids is 2. The molecule has 0 aliphatic carbocycles. The first-order chi connectivity index (χ1) is 12.5. The van der Waals surface area contributed by atoms with Crippen LogP contribution >= 0.6 is 27.3 Å². The quantitative estimate of drug-likeness (QED) is 0.724. The molecule has 0 bridgehead atoms. The van der Waals surface area contributed by atoms with Gasteiger partial charge in [0, 0.05) is 39.8 Å². The highest BCUT2D eigenvalue weighted by molar-refractivity contribution is 9.11. The maximum absolute atomic E-state index is 12.5. The van der Waals surface area contributed by atoms with E-state index in [2.05, 4.69) is 33.0 Å². The van der Waals surface area contributed by atoms with Crippen molar-refractivity contribution in [2.24, 2.45) is 0 Å². The summed E-state index contributed by atoms with van der Waals surface area (Å²) in [7, 11) is 1.68. The summed E-state index contributed by atoms with van der Waals surface area (Å²) in [6.45, 7) is 4.16. The van der Waals surface area contributed by atoms with Crippen molar-refractivity contribution in [3.63, 3.8) is 0 Å². The fraction of sp³-hybridized carbons (Fsp3) is 0.368. The van der Waals surface area contributed by atoms with Crippen LogP contribution in [0.2, 0.25) is 0 Å². The van der Waals surface area contributed by atoms with E-state index in [0.717, 1.165) is 23.4 Å². The van der Waals surface area contributed by atoms with Crippen molar-refractivity contribution in [3.05, 3.63) is 56.7 Å². The number of likely N-dealkylation sites (N-methyl/N-ethyl adjacent to an activating group) is 1. The average Bonchev–Trinajstić information content (AvgIpc) is 3.08. The van der Waals surface area contributed by atoms with E-state index in [4.69, 9.17) is 0 Å². The predicted octanol–water partition coefficient (Wildman–Crippen LogP) is 2.93. The zero-order chi connectivity index (χ0) is 18.5. The molecule has 2 amide bonds. The summed E-state index contributed by atoms with van der Waals surface area (Å²) >= 11 is 4.74. The third kappa shape index (κ3) is 4.93. The Morgan fingerprint density at radius 3 is 2.38 bits per heavy atom. The van der Waals surface area contributed by atoms with Gasteiger partial charge in [-0.25, -0.2) is 0 Å². The summed E-state index contributed by atoms with van der Waals surface area (Å²) in [4.78, 5) is 31.2. The number of halogens is 1. The van der Waals surface area contributed by atoms with Gasteiger partial charge in [0.15, 0.2) is 0 Å². The molecule has 0 radical (unpaired) electrons. The molecule has 0 atom stereocenters. The lowest BCUT2D eigenvalue weighted by Crippen LogP contribution is -2.51. The van der Waals surface area contributed by atoms with Crippen molar-refractivity contribution in [2.45, 2.75) is 6.54 Å². The van der Waals surface area contributed by atoms with E-state index in [0.29, 0.717) is 18.0 Å². The number of piperazine rings is 1. The second-order valence-electron chi connectivity index (χ2n) is 6.41. The number of carbonyl (C=O) groups is 2. The molecule has 1 fully saturated rings. The summed E-state index contributed by atoms with van der Waals surface area (Å²) in [6, 6.07) is 14.0. The summed E-state index contributed by atoms with van der Waals surface area (Å²) in [5.74, 6) is -0.104. The Hall–Kier alpha value is -1.70. The molecule has 1 aromatic carbocycles. The zero-order valence-corrected chi connectivity index (χ0v) is 17.1. The van der Waals surface area contributed by atoms with E-state index < -0.39 is 0 Å². The van der Waals surface area contributed by atoms with E-state index in [1.165, 1.54) is 21.8 Å². The van der Waals surface area contributed by atoms with Crippen LogP contribution in [0.3, 0.4) is 0 Å². The van der Waals surface area contributed by atoms with Gasteiger partial charge in [0.1, 0.15) is 0 Å². The molecule has 2 heterocycles. The van der Waals surface area contributed by atoms with E-state index in [1.54, 1.807) is 13.1 Å². The van der Waals surface area contributed by atoms with Crippen molar-refractivity contribution in [3.8, 4) is 0 Å². The molecule has 0 spiro atoms. The van der Waals surface area contributed by atoms with E-state index in [-0.39, 0.29) is 18.4 Å². The van der Waals surface area contributed by atoms with Crippen LogP contribution in [0.4, 0.5) is 0 Å². The van der Waals surface area contributed by atoms with Gasteiger partial charge < -0.3 is 9.80 Å². The van der Waals surface area contributed by atoms with Gasteiger partial charge in [-0.3, -0.25) is 14.5 Å². The Morgan fingerprint density at radius 1 is 1.08 bits per heavy atom. The molecule has 3 rings (SSSR count). The fourth-order valence-electron chi connectivity index (χ4n) is 2.99. The summed E-state index contributed by atoms with van der Waals surface area (Å²) < 4.78 is 0.912. The van der Waals surface area contributed by atoms with Crippen LogP contribution in [0.25, 0.3) is 0 Å². The van der Waals surface area contributed by atoms with Gasteiger partial charge in [-0.05, 0) is 33.6 Å². The Balaban J connectivity index is 1.46. The number of benzene rings is 1. The Morgan fingerprint density at radius 2 is 1.77 bits per heavy atom. The molecule has 1 saturated heterocycles. The first-order valence-electron chi connectivity index (χ1n) is 8.58. The first-order valence-corrected chi connectivity index (χ1v) is 10.2. The number of rotatable bonds is 5. The molecule has 0 unspecified atom stereocenters. The Bertz CT molecular complexity index is 757. The van der Waals surface area contributed by atoms with Crippen LogP contribution in [0.15, 0.2) is 46.3 Å². The smallest absolute Gasteiger partial charge is 0.264 e. The molecule has 0 saturated carbocycles. The predicted molar refractivity (Wildman–Crippen MR) is 107 cm³/mol. The monoisotopic (exact) mass is 435 g/mol. The van der Waals surface area contributed by atoms with Crippen LogP contribution in [-0.4, -0.2) is 66.3 Å². The van der Waals surface area contributed by atoms with Crippen molar-refractivity contribution >= 4 is 39.1 Å². The molecule has 1 aliphatic heterocycles. The third-order valence-electron chi connectivity index (χ3n) is 4.48. The van der Waals surface area contributed by atoms with Gasteiger partial charge >= 0.3 is 0 Å². The van der Waals surface area contributed by atoms with Crippen LogP contribution in [0, 0.1) is 0 Å². The highest BCUT2D eigenvalue weighted by Crippen LogP contribution is 2.23. The average molecular weight is 436 g/mol. The molecule has 0 N–H and O–H groups in total. The minimum atomic E-state index is -0.114. The number of amides is 2. The van der Waals surface area contributed by atoms with Gasteiger partial charge in [-0.2, -0.15) is 0 Å². The molecular weight excluding hydrogens is 414 g/mol. The topological polar surface area (TPSA) is 43.9 Å². The van der Waals surface area contributed by atoms with E-state index in [1.807, 2.05) is 29.2 Å². The molecule has 7 heteroatoms. The normalized spacial score (nSPS) is 15.1. The highest BCUT2D eigenvalue weighted by Gasteiger charge is 2.24. The van der Waals surface area contributed by atoms with Crippen molar-refractivity contribution < 1.29 is 9.59 Å². The third-order valence-corrected chi connectivity index (χ3v) is 6.09. The van der Waals surface area contributed by atoms with Crippen LogP contribution in [0.5, 0.6) is 0 Å². The minimum absolute atomic E-state index is 0.0100. The van der Waals surface area contributed by atoms with Gasteiger partial charge in [0.25, 0.3) is 5.91 Å². The van der Waals surface area contributed by atoms with Crippen LogP contribution in [0.1, 0.15) is 15.2 Å². The zero-order valence-electron chi connectivity index (χ0n) is 14.7. The van der Waals surface area contributed by atoms with Crippen LogP contribution < -0.4 is 0 Å². The van der Waals surface area contributed by atoms with Crippen molar-refractivity contribution in [2.75, 3.05) is 39.8 Å². The molecule has 138 valence electrons. The van der Waals surface area contributed by atoms with Gasteiger partial charge in [-0.1, -0.05) is 30.3 Å². The summed E-state index contributed by atoms with van der Waals surface area (Å²) in [5.41, 5.74) is 1.29. The fourth-order valence-corrected chi connectivity index (χ4v) is 4.37. The second kappa shape index (κ2) is 8.79. The van der Waals surface area contributed by atoms with E-state index >= 15 is 0 Å². The lowest BCUT2D eigenvalue weighted by molar-refractivity contribution is -0.133. The maximum Gasteiger partial charge on any atom is 0.264 e. The van der Waals surface area contributed by atoms with Gasteiger partial charge in [0.2, 0.25) is 5.91 Å². The van der Waals surface area contributed by atoms with Gasteiger partial charge in [0.05, 0.1) is 15.2 Å². The molecule has 2 aromatic rings. The maximum atomic E-state index is 12.5. The largest absolute Gasteiger partial charge is 0.339 e. The molecular formula is C19H22BrN3O2S. The molecule has 1 aromatic heterocycles. The minimum Gasteiger partial charge on any atom is -0.339 e. The van der Waals surface area contributed by atoms with Crippen molar-refractivity contribution in [1.29, 1.82) is 0 Å². The highest BCUT2D eigenvalue weighted by atomic mass is 79.9. The van der Waals surface area contributed by atoms with E-state index in [9.17, 15) is 9.59 Å². The number of hydrogen-bond donors (Lipinski definition) is 0.